The summed E-state index contributed by atoms with van der Waals surface area (Å²) in [5, 5.41) is 9.44. The average molecular weight is 567 g/mol. The maximum atomic E-state index is 14.5. The molecular weight excluding hydrogens is 530 g/mol. The molecule has 1 saturated heterocycles. The Hall–Kier alpha value is -3.31. The highest BCUT2D eigenvalue weighted by Gasteiger charge is 2.42. The van der Waals surface area contributed by atoms with Crippen molar-refractivity contribution in [3.8, 4) is 11.1 Å². The summed E-state index contributed by atoms with van der Waals surface area (Å²) >= 11 is 0. The fourth-order valence-corrected chi connectivity index (χ4v) is 7.15. The summed E-state index contributed by atoms with van der Waals surface area (Å²) in [5.74, 6) is 0.362. The van der Waals surface area contributed by atoms with Crippen LogP contribution in [0.3, 0.4) is 0 Å². The molecule has 2 fully saturated rings. The number of alkyl halides is 2. The van der Waals surface area contributed by atoms with Crippen LogP contribution in [0.5, 0.6) is 0 Å². The van der Waals surface area contributed by atoms with Crippen LogP contribution in [0.1, 0.15) is 73.9 Å². The molecule has 41 heavy (non-hydrogen) atoms. The Morgan fingerprint density at radius 1 is 1.12 bits per heavy atom. The second kappa shape index (κ2) is 10.2. The van der Waals surface area contributed by atoms with Crippen LogP contribution in [-0.4, -0.2) is 62.5 Å². The minimum absolute atomic E-state index is 0.00328. The van der Waals surface area contributed by atoms with Gasteiger partial charge in [-0.3, -0.25) is 14.2 Å². The van der Waals surface area contributed by atoms with Crippen LogP contribution in [0.15, 0.2) is 24.5 Å². The van der Waals surface area contributed by atoms with Crippen molar-refractivity contribution in [2.45, 2.75) is 76.7 Å². The molecule has 1 saturated carbocycles. The van der Waals surface area contributed by atoms with Crippen LogP contribution in [0, 0.1) is 0 Å². The normalized spacial score (nSPS) is 20.6. The number of carbonyl (C=O) groups is 1. The Balaban J connectivity index is 1.29. The molecule has 0 unspecified atom stereocenters. The van der Waals surface area contributed by atoms with Crippen LogP contribution in [0.25, 0.3) is 11.1 Å². The molecule has 218 valence electrons. The molecule has 1 amide bonds. The van der Waals surface area contributed by atoms with Gasteiger partial charge in [-0.1, -0.05) is 0 Å². The smallest absolute Gasteiger partial charge is 0.264 e. The van der Waals surface area contributed by atoms with Crippen molar-refractivity contribution in [2.75, 3.05) is 31.2 Å². The van der Waals surface area contributed by atoms with Gasteiger partial charge in [0.05, 0.1) is 32.0 Å². The number of amides is 1. The van der Waals surface area contributed by atoms with E-state index < -0.39 is 12.2 Å². The molecule has 5 heterocycles. The second-order valence-corrected chi connectivity index (χ2v) is 11.7. The van der Waals surface area contributed by atoms with E-state index in [2.05, 4.69) is 14.7 Å². The molecule has 9 nitrogen and oxygen atoms in total. The van der Waals surface area contributed by atoms with Gasteiger partial charge >= 0.3 is 0 Å². The number of carbonyl (C=O) groups excluding carboxylic acids is 1. The highest BCUT2D eigenvalue weighted by Crippen LogP contribution is 2.45. The zero-order valence-corrected chi connectivity index (χ0v) is 23.6. The van der Waals surface area contributed by atoms with E-state index in [1.54, 1.807) is 37.1 Å². The molecule has 0 N–H and O–H groups in total. The molecule has 11 heteroatoms. The Morgan fingerprint density at radius 2 is 1.90 bits per heavy atom. The van der Waals surface area contributed by atoms with Crippen LogP contribution in [-0.2, 0) is 40.7 Å². The van der Waals surface area contributed by atoms with Gasteiger partial charge in [-0.25, -0.2) is 8.78 Å². The maximum absolute atomic E-state index is 14.5. The summed E-state index contributed by atoms with van der Waals surface area (Å²) in [7, 11) is 1.79. The van der Waals surface area contributed by atoms with E-state index in [9.17, 15) is 13.6 Å². The van der Waals surface area contributed by atoms with Crippen molar-refractivity contribution in [3.63, 3.8) is 0 Å². The number of hydrogen-bond donors (Lipinski definition) is 0. The summed E-state index contributed by atoms with van der Waals surface area (Å²) in [4.78, 5) is 16.4. The second-order valence-electron chi connectivity index (χ2n) is 11.7. The number of aromatic nitrogens is 4. The van der Waals surface area contributed by atoms with Gasteiger partial charge < -0.3 is 19.3 Å². The van der Waals surface area contributed by atoms with Gasteiger partial charge in [-0.05, 0) is 48.9 Å². The van der Waals surface area contributed by atoms with E-state index in [4.69, 9.17) is 14.6 Å². The first kappa shape index (κ1) is 26.6. The Kier molecular flexibility index (Phi) is 6.61. The van der Waals surface area contributed by atoms with Gasteiger partial charge in [0.15, 0.2) is 11.6 Å². The summed E-state index contributed by atoms with van der Waals surface area (Å²) < 4.78 is 44.7. The minimum Gasteiger partial charge on any atom is -0.348 e. The third-order valence-electron chi connectivity index (χ3n) is 9.26. The molecule has 1 aromatic carbocycles. The van der Waals surface area contributed by atoms with Crippen molar-refractivity contribution in [1.82, 2.24) is 24.5 Å². The molecule has 1 spiro atoms. The summed E-state index contributed by atoms with van der Waals surface area (Å²) in [6, 6.07) is 3.76. The van der Waals surface area contributed by atoms with Crippen molar-refractivity contribution >= 4 is 17.4 Å². The lowest BCUT2D eigenvalue weighted by Gasteiger charge is -2.36. The number of rotatable bonds is 4. The van der Waals surface area contributed by atoms with E-state index in [-0.39, 0.29) is 17.5 Å². The SMILES string of the molecule is CC(=O)N1CCc2c(c(N3CCCc4cc(-c5cnn(C)c5)c(C(F)F)cc43)nn2C2CCC3(CC2)OCCO3)C1. The maximum Gasteiger partial charge on any atom is 0.264 e. The highest BCUT2D eigenvalue weighted by molar-refractivity contribution is 5.78. The summed E-state index contributed by atoms with van der Waals surface area (Å²) in [6.45, 7) is 4.69. The van der Waals surface area contributed by atoms with E-state index in [1.165, 1.54) is 0 Å². The Bertz CT molecular complexity index is 1470. The number of fused-ring (bicyclic) bond motifs is 2. The van der Waals surface area contributed by atoms with Crippen molar-refractivity contribution < 1.29 is 23.0 Å². The molecule has 0 atom stereocenters. The van der Waals surface area contributed by atoms with Crippen LogP contribution in [0.2, 0.25) is 0 Å². The first-order valence-electron chi connectivity index (χ1n) is 14.7. The van der Waals surface area contributed by atoms with Gasteiger partial charge in [0, 0.05) is 80.6 Å². The average Bonchev–Trinajstić information content (AvgIpc) is 3.71. The van der Waals surface area contributed by atoms with E-state index in [0.29, 0.717) is 44.0 Å². The molecule has 4 aliphatic rings. The van der Waals surface area contributed by atoms with Crippen molar-refractivity contribution in [1.29, 1.82) is 0 Å². The number of halogens is 2. The Morgan fingerprint density at radius 3 is 2.59 bits per heavy atom. The van der Waals surface area contributed by atoms with Gasteiger partial charge in [0.25, 0.3) is 6.43 Å². The summed E-state index contributed by atoms with van der Waals surface area (Å²) in [5.41, 5.74) is 5.20. The zero-order valence-electron chi connectivity index (χ0n) is 23.6. The van der Waals surface area contributed by atoms with Gasteiger partial charge in [0.1, 0.15) is 0 Å². The van der Waals surface area contributed by atoms with Gasteiger partial charge in [0.2, 0.25) is 5.91 Å². The van der Waals surface area contributed by atoms with Gasteiger partial charge in [-0.15, -0.1) is 0 Å². The molecular formula is C30H36F2N6O3. The predicted molar refractivity (Wildman–Crippen MR) is 148 cm³/mol. The first-order chi connectivity index (χ1) is 19.8. The minimum atomic E-state index is -2.63. The van der Waals surface area contributed by atoms with Crippen LogP contribution in [0.4, 0.5) is 20.3 Å². The lowest BCUT2D eigenvalue weighted by Crippen LogP contribution is -2.37. The zero-order chi connectivity index (χ0) is 28.3. The van der Waals surface area contributed by atoms with Gasteiger partial charge in [-0.2, -0.15) is 10.2 Å². The van der Waals surface area contributed by atoms with Crippen LogP contribution < -0.4 is 4.90 Å². The summed E-state index contributed by atoms with van der Waals surface area (Å²) in [6.07, 6.45) is 6.62. The molecule has 2 aromatic heterocycles. The molecule has 1 aliphatic carbocycles. The fraction of sp³-hybridized carbons (Fsp3) is 0.567. The number of benzene rings is 1. The number of nitrogens with zero attached hydrogens (tertiary/aromatic N) is 6. The molecule has 0 radical (unpaired) electrons. The molecule has 3 aliphatic heterocycles. The topological polar surface area (TPSA) is 77.7 Å². The third-order valence-corrected chi connectivity index (χ3v) is 9.26. The fourth-order valence-electron chi connectivity index (χ4n) is 7.15. The van der Waals surface area contributed by atoms with Crippen molar-refractivity contribution in [2.24, 2.45) is 7.05 Å². The molecule has 3 aromatic rings. The quantitative estimate of drug-likeness (QED) is 0.439. The predicted octanol–water partition coefficient (Wildman–Crippen LogP) is 5.07. The highest BCUT2D eigenvalue weighted by atomic mass is 19.3. The number of anilines is 2. The largest absolute Gasteiger partial charge is 0.348 e. The Labute approximate surface area is 238 Å². The number of hydrogen-bond acceptors (Lipinski definition) is 6. The number of ether oxygens (including phenoxy) is 2. The van der Waals surface area contributed by atoms with E-state index in [0.717, 1.165) is 73.3 Å². The monoisotopic (exact) mass is 566 g/mol. The lowest BCUT2D eigenvalue weighted by atomic mass is 9.89. The number of aryl methyl sites for hydroxylation is 2. The lowest BCUT2D eigenvalue weighted by molar-refractivity contribution is -0.181. The van der Waals surface area contributed by atoms with E-state index in [1.807, 2.05) is 11.0 Å². The van der Waals surface area contributed by atoms with Crippen LogP contribution >= 0.6 is 0 Å². The molecule has 0 bridgehead atoms. The van der Waals surface area contributed by atoms with E-state index >= 15 is 0 Å². The standard InChI is InChI=1S/C30H36F2N6O3/c1-19(39)36-11-7-26-25(18-36)29(34-38(26)22-5-8-30(9-6-22)40-12-13-41-30)37-10-3-4-20-14-23(21-16-33-35(2)17-21)24(28(31)32)15-27(20)37/h14-17,22,28H,3-13,18H2,1-2H3. The van der Waals surface area contributed by atoms with Crippen molar-refractivity contribution in [3.05, 3.63) is 46.9 Å². The molecule has 7 rings (SSSR count). The first-order valence-corrected chi connectivity index (χ1v) is 14.7. The third kappa shape index (κ3) is 4.63.